The molecule has 0 aliphatic heterocycles. The fraction of sp³-hybridized carbons (Fsp3) is 0.273. The van der Waals surface area contributed by atoms with Gasteiger partial charge in [0.1, 0.15) is 28.2 Å². The summed E-state index contributed by atoms with van der Waals surface area (Å²) in [5.41, 5.74) is 14.9. The Morgan fingerprint density at radius 2 is 1.48 bits per heavy atom. The van der Waals surface area contributed by atoms with Crippen LogP contribution in [0, 0.1) is 13.8 Å². The predicted molar refractivity (Wildman–Crippen MR) is 185 cm³/mol. The van der Waals surface area contributed by atoms with Crippen LogP contribution in [0.2, 0.25) is 0 Å². The first-order valence-corrected chi connectivity index (χ1v) is 15.9. The fourth-order valence-electron chi connectivity index (χ4n) is 5.76. The van der Waals surface area contributed by atoms with Crippen LogP contribution in [0.25, 0.3) is 27.8 Å². The lowest BCUT2D eigenvalue weighted by molar-refractivity contribution is 0.0991. The van der Waals surface area contributed by atoms with Gasteiger partial charge in [-0.25, -0.2) is 9.97 Å². The van der Waals surface area contributed by atoms with E-state index in [1.54, 1.807) is 41.4 Å². The number of imidazole rings is 2. The third kappa shape index (κ3) is 5.99. The minimum atomic E-state index is -0.834. The zero-order chi connectivity index (χ0) is 36.0. The van der Waals surface area contributed by atoms with Crippen molar-refractivity contribution in [1.82, 2.24) is 39.1 Å². The van der Waals surface area contributed by atoms with Crippen molar-refractivity contribution in [3.05, 3.63) is 70.3 Å². The molecule has 0 aliphatic rings. The van der Waals surface area contributed by atoms with E-state index in [4.69, 9.17) is 21.2 Å². The molecule has 17 heteroatoms. The smallest absolute Gasteiger partial charge is 0.276 e. The molecule has 6 aromatic rings. The molecular weight excluding hydrogens is 644 g/mol. The van der Waals surface area contributed by atoms with Gasteiger partial charge in [0.15, 0.2) is 0 Å². The summed E-state index contributed by atoms with van der Waals surface area (Å²) in [6, 6.07) is 9.30. The number of aromatic nitrogens is 8. The molecule has 0 bridgehead atoms. The molecule has 0 unspecified atom stereocenters. The van der Waals surface area contributed by atoms with E-state index in [0.717, 1.165) is 0 Å². The van der Waals surface area contributed by atoms with Crippen LogP contribution in [-0.2, 0) is 13.1 Å². The average molecular weight is 681 g/mol. The molecule has 0 spiro atoms. The molecule has 4 amide bonds. The molecule has 0 saturated heterocycles. The molecule has 17 nitrogen and oxygen atoms in total. The minimum Gasteiger partial charge on any atom is -0.489 e. The van der Waals surface area contributed by atoms with Crippen molar-refractivity contribution in [1.29, 1.82) is 0 Å². The number of anilines is 2. The first-order valence-electron chi connectivity index (χ1n) is 15.9. The van der Waals surface area contributed by atoms with E-state index in [1.165, 1.54) is 22.8 Å². The van der Waals surface area contributed by atoms with Crippen molar-refractivity contribution in [3.63, 3.8) is 0 Å². The van der Waals surface area contributed by atoms with Gasteiger partial charge in [-0.15, -0.1) is 0 Å². The third-order valence-corrected chi connectivity index (χ3v) is 7.82. The Morgan fingerprint density at radius 3 is 2.04 bits per heavy atom. The number of rotatable bonds is 11. The van der Waals surface area contributed by atoms with E-state index in [9.17, 15) is 19.2 Å². The highest BCUT2D eigenvalue weighted by Crippen LogP contribution is 2.38. The number of ether oxygens (including phenoxy) is 1. The maximum atomic E-state index is 13.7. The predicted octanol–water partition coefficient (Wildman–Crippen LogP) is 3.44. The molecule has 0 atom stereocenters. The fourth-order valence-corrected chi connectivity index (χ4v) is 5.76. The van der Waals surface area contributed by atoms with Crippen molar-refractivity contribution >= 4 is 57.6 Å². The van der Waals surface area contributed by atoms with Gasteiger partial charge in [0, 0.05) is 18.7 Å². The molecule has 0 radical (unpaired) electrons. The molecule has 0 saturated carbocycles. The van der Waals surface area contributed by atoms with Crippen LogP contribution in [0.15, 0.2) is 36.4 Å². The number of H-pyrrole nitrogens is 1. The number of nitrogens with zero attached hydrogens (tertiary/aromatic N) is 7. The van der Waals surface area contributed by atoms with Crippen molar-refractivity contribution in [2.75, 3.05) is 10.6 Å². The van der Waals surface area contributed by atoms with Crippen molar-refractivity contribution < 1.29 is 23.9 Å². The van der Waals surface area contributed by atoms with Crippen LogP contribution in [-0.4, -0.2) is 68.8 Å². The van der Waals surface area contributed by atoms with Gasteiger partial charge < -0.3 is 21.2 Å². The van der Waals surface area contributed by atoms with Gasteiger partial charge >= 0.3 is 0 Å². The summed E-state index contributed by atoms with van der Waals surface area (Å²) < 4.78 is 10.7. The number of aromatic amines is 1. The number of fused-ring (bicyclic) bond motifs is 2. The highest BCUT2D eigenvalue weighted by Gasteiger charge is 2.28. The molecule has 0 fully saturated rings. The number of nitrogens with two attached hydrogens (primary N) is 2. The van der Waals surface area contributed by atoms with E-state index in [1.807, 2.05) is 27.7 Å². The Hall–Kier alpha value is -6.52. The number of nitrogens with one attached hydrogen (secondary N) is 3. The normalized spacial score (nSPS) is 11.4. The molecule has 0 aliphatic carbocycles. The van der Waals surface area contributed by atoms with Gasteiger partial charge in [0.05, 0.1) is 39.8 Å². The zero-order valence-corrected chi connectivity index (χ0v) is 28.3. The Kier molecular flexibility index (Phi) is 8.57. The molecule has 6 rings (SSSR count). The highest BCUT2D eigenvalue weighted by molar-refractivity contribution is 6.10. The number of hydrogen-bond acceptors (Lipinski definition) is 9. The second kappa shape index (κ2) is 12.8. The number of aryl methyl sites for hydroxylation is 4. The molecule has 4 heterocycles. The third-order valence-electron chi connectivity index (χ3n) is 7.82. The SMILES string of the molecule is CCn1nc(C)cc1C(=O)Nc1nc2c(-n3c(NC(=O)c4cc(C)nn4CC)nc4cc(C(N)=O)ccc43)c(C(N)=O)cc(OC(C)C)c2[nH]1. The number of benzene rings is 2. The Balaban J connectivity index is 1.61. The van der Waals surface area contributed by atoms with Crippen LogP contribution in [0.5, 0.6) is 5.75 Å². The lowest BCUT2D eigenvalue weighted by atomic mass is 10.1. The lowest BCUT2D eigenvalue weighted by Gasteiger charge is -2.17. The van der Waals surface area contributed by atoms with Crippen LogP contribution < -0.4 is 26.8 Å². The van der Waals surface area contributed by atoms with Crippen molar-refractivity contribution in [3.8, 4) is 11.4 Å². The van der Waals surface area contributed by atoms with Crippen LogP contribution >= 0.6 is 0 Å². The molecule has 4 aromatic heterocycles. The van der Waals surface area contributed by atoms with Gasteiger partial charge in [-0.1, -0.05) is 0 Å². The topological polar surface area (TPSA) is 236 Å². The van der Waals surface area contributed by atoms with E-state index in [2.05, 4.69) is 30.8 Å². The van der Waals surface area contributed by atoms with E-state index >= 15 is 0 Å². The standard InChI is InChI=1S/C33H36N12O5/c1-7-43-22(11-16(5)41-43)30(48)39-32-37-25-24(50-15(3)4)14-19(29(35)47)27(26(25)38-32)45-21-10-9-18(28(34)46)13-20(21)36-33(45)40-31(49)23-12-17(6)42-44(23)8-2/h9-15H,7-8H2,1-6H3,(H2,34,46)(H2,35,47)(H,36,40,49)(H2,37,38,39,48). The summed E-state index contributed by atoms with van der Waals surface area (Å²) in [5.74, 6) is -2.27. The number of amides is 4. The number of carbonyl (C=O) groups is 4. The summed E-state index contributed by atoms with van der Waals surface area (Å²) in [6.07, 6.45) is -0.323. The van der Waals surface area contributed by atoms with Gasteiger partial charge in [-0.2, -0.15) is 10.2 Å². The first-order chi connectivity index (χ1) is 23.8. The van der Waals surface area contributed by atoms with Crippen molar-refractivity contribution in [2.45, 2.75) is 60.7 Å². The summed E-state index contributed by atoms with van der Waals surface area (Å²) in [5, 5.41) is 14.3. The summed E-state index contributed by atoms with van der Waals surface area (Å²) >= 11 is 0. The number of primary amides is 2. The second-order valence-electron chi connectivity index (χ2n) is 11.8. The summed E-state index contributed by atoms with van der Waals surface area (Å²) in [7, 11) is 0. The molecule has 2 aromatic carbocycles. The van der Waals surface area contributed by atoms with Gasteiger partial charge in [0.2, 0.25) is 17.8 Å². The first kappa shape index (κ1) is 33.4. The number of hydrogen-bond donors (Lipinski definition) is 5. The summed E-state index contributed by atoms with van der Waals surface area (Å²) in [4.78, 5) is 64.9. The van der Waals surface area contributed by atoms with Crippen LogP contribution in [0.1, 0.15) is 80.8 Å². The molecule has 7 N–H and O–H groups in total. The van der Waals surface area contributed by atoms with Crippen molar-refractivity contribution in [2.24, 2.45) is 11.5 Å². The van der Waals surface area contributed by atoms with Crippen LogP contribution in [0.3, 0.4) is 0 Å². The van der Waals surface area contributed by atoms with Gasteiger partial charge in [-0.3, -0.25) is 43.7 Å². The zero-order valence-electron chi connectivity index (χ0n) is 28.3. The Morgan fingerprint density at radius 1 is 0.860 bits per heavy atom. The quantitative estimate of drug-likeness (QED) is 0.135. The second-order valence-corrected chi connectivity index (χ2v) is 11.8. The van der Waals surface area contributed by atoms with E-state index in [-0.39, 0.29) is 57.3 Å². The largest absolute Gasteiger partial charge is 0.489 e. The Labute approximate surface area is 285 Å². The lowest BCUT2D eigenvalue weighted by Crippen LogP contribution is -2.21. The van der Waals surface area contributed by atoms with Crippen LogP contribution in [0.4, 0.5) is 11.9 Å². The van der Waals surface area contributed by atoms with Gasteiger partial charge in [-0.05, 0) is 77.9 Å². The molecular formula is C33H36N12O5. The maximum Gasteiger partial charge on any atom is 0.276 e. The monoisotopic (exact) mass is 680 g/mol. The maximum absolute atomic E-state index is 13.7. The molecule has 50 heavy (non-hydrogen) atoms. The van der Waals surface area contributed by atoms with E-state index in [0.29, 0.717) is 41.2 Å². The Bertz CT molecular complexity index is 2340. The minimum absolute atomic E-state index is 0.0228. The van der Waals surface area contributed by atoms with E-state index < -0.39 is 23.6 Å². The summed E-state index contributed by atoms with van der Waals surface area (Å²) in [6.45, 7) is 11.8. The molecule has 258 valence electrons. The average Bonchev–Trinajstić information content (AvgIpc) is 3.83. The highest BCUT2D eigenvalue weighted by atomic mass is 16.5. The number of carbonyl (C=O) groups excluding carboxylic acids is 4. The van der Waals surface area contributed by atoms with Gasteiger partial charge in [0.25, 0.3) is 17.7 Å².